The van der Waals surface area contributed by atoms with Crippen LogP contribution in [0.5, 0.6) is 0 Å². The van der Waals surface area contributed by atoms with Crippen molar-refractivity contribution < 1.29 is 28.6 Å². The summed E-state index contributed by atoms with van der Waals surface area (Å²) in [6.07, 6.45) is 4.25. The van der Waals surface area contributed by atoms with Gasteiger partial charge in [-0.25, -0.2) is 9.59 Å². The number of esters is 3. The van der Waals surface area contributed by atoms with E-state index in [2.05, 4.69) is 13.5 Å². The number of ether oxygens (including phenoxy) is 3. The first kappa shape index (κ1) is 23.9. The lowest BCUT2D eigenvalue weighted by Crippen LogP contribution is -2.45. The Morgan fingerprint density at radius 3 is 2.47 bits per heavy atom. The quantitative estimate of drug-likeness (QED) is 0.275. The Hall–Kier alpha value is -2.37. The second-order valence-electron chi connectivity index (χ2n) is 8.71. The monoisotopic (exact) mass is 418 g/mol. The molecule has 0 saturated heterocycles. The van der Waals surface area contributed by atoms with Gasteiger partial charge in [0.15, 0.2) is 0 Å². The average Bonchev–Trinajstić information content (AvgIpc) is 2.68. The van der Waals surface area contributed by atoms with Gasteiger partial charge in [0.1, 0.15) is 12.2 Å². The maximum Gasteiger partial charge on any atom is 0.333 e. The molecule has 1 fully saturated rings. The first-order valence-corrected chi connectivity index (χ1v) is 10.5. The molecule has 0 aromatic heterocycles. The second-order valence-corrected chi connectivity index (χ2v) is 8.71. The van der Waals surface area contributed by atoms with Crippen LogP contribution in [0.25, 0.3) is 0 Å². The highest BCUT2D eigenvalue weighted by atomic mass is 16.5. The van der Waals surface area contributed by atoms with E-state index in [0.29, 0.717) is 24.8 Å². The topological polar surface area (TPSA) is 78.9 Å². The van der Waals surface area contributed by atoms with Crippen LogP contribution in [-0.2, 0) is 28.6 Å². The summed E-state index contributed by atoms with van der Waals surface area (Å²) in [5.74, 6) is -1.57. The van der Waals surface area contributed by atoms with Crippen LogP contribution in [0.1, 0.15) is 66.7 Å². The van der Waals surface area contributed by atoms with Gasteiger partial charge in [-0.05, 0) is 56.9 Å². The first-order valence-electron chi connectivity index (χ1n) is 10.5. The number of methoxy groups -OCH3 is 1. The molecule has 0 N–H and O–H groups in total. The fourth-order valence-corrected chi connectivity index (χ4v) is 4.65. The lowest BCUT2D eigenvalue weighted by Gasteiger charge is -2.48. The lowest BCUT2D eigenvalue weighted by molar-refractivity contribution is -0.154. The Balaban J connectivity index is 2.35. The maximum absolute atomic E-state index is 12.3. The van der Waals surface area contributed by atoms with Crippen LogP contribution < -0.4 is 0 Å². The standard InChI is InChI=1S/C24H34O6/c1-8-14(2)11-22(26)30-20-9-10-24(6)13-21(29-17(5)25)18(12-19(24)16(20)4)15(3)23(27)28-7/h11,18,20-21H,3,8-10,12-13H2,1-2,4-7H3. The third-order valence-corrected chi connectivity index (χ3v) is 6.56. The molecular formula is C24H34O6. The van der Waals surface area contributed by atoms with Gasteiger partial charge in [-0.1, -0.05) is 31.6 Å². The molecule has 0 amide bonds. The molecule has 0 aromatic carbocycles. The summed E-state index contributed by atoms with van der Waals surface area (Å²) in [6.45, 7) is 13.3. The largest absolute Gasteiger partial charge is 0.466 e. The average molecular weight is 419 g/mol. The molecule has 166 valence electrons. The second kappa shape index (κ2) is 9.63. The number of rotatable bonds is 6. The predicted octanol–water partition coefficient (Wildman–Crippen LogP) is 4.44. The molecule has 6 nitrogen and oxygen atoms in total. The fourth-order valence-electron chi connectivity index (χ4n) is 4.65. The van der Waals surface area contributed by atoms with E-state index in [1.807, 2.05) is 20.8 Å². The molecule has 30 heavy (non-hydrogen) atoms. The Labute approximate surface area is 179 Å². The minimum atomic E-state index is -0.502. The lowest BCUT2D eigenvalue weighted by atomic mass is 9.59. The van der Waals surface area contributed by atoms with Gasteiger partial charge in [0.25, 0.3) is 0 Å². The van der Waals surface area contributed by atoms with E-state index >= 15 is 0 Å². The molecule has 1 saturated carbocycles. The minimum Gasteiger partial charge on any atom is -0.466 e. The van der Waals surface area contributed by atoms with Crippen molar-refractivity contribution in [2.24, 2.45) is 11.3 Å². The van der Waals surface area contributed by atoms with Crippen LogP contribution in [0.3, 0.4) is 0 Å². The molecule has 0 bridgehead atoms. The van der Waals surface area contributed by atoms with E-state index in [4.69, 9.17) is 14.2 Å². The van der Waals surface area contributed by atoms with Crippen molar-refractivity contribution >= 4 is 17.9 Å². The van der Waals surface area contributed by atoms with E-state index in [1.54, 1.807) is 6.08 Å². The molecular weight excluding hydrogens is 384 g/mol. The zero-order valence-corrected chi connectivity index (χ0v) is 19.0. The molecule has 0 heterocycles. The van der Waals surface area contributed by atoms with Crippen molar-refractivity contribution in [3.8, 4) is 0 Å². The minimum absolute atomic E-state index is 0.185. The smallest absolute Gasteiger partial charge is 0.333 e. The van der Waals surface area contributed by atoms with Crippen molar-refractivity contribution in [2.75, 3.05) is 7.11 Å². The zero-order chi connectivity index (χ0) is 22.6. The molecule has 2 rings (SSSR count). The van der Waals surface area contributed by atoms with E-state index in [0.717, 1.165) is 29.6 Å². The van der Waals surface area contributed by atoms with Gasteiger partial charge in [-0.2, -0.15) is 0 Å². The van der Waals surface area contributed by atoms with Gasteiger partial charge in [-0.3, -0.25) is 4.79 Å². The first-order chi connectivity index (χ1) is 14.0. The number of hydrogen-bond donors (Lipinski definition) is 0. The van der Waals surface area contributed by atoms with Crippen molar-refractivity contribution in [3.05, 3.63) is 34.9 Å². The van der Waals surface area contributed by atoms with Crippen LogP contribution in [-0.4, -0.2) is 37.2 Å². The fraction of sp³-hybridized carbons (Fsp3) is 0.625. The van der Waals surface area contributed by atoms with Crippen LogP contribution in [0, 0.1) is 11.3 Å². The Morgan fingerprint density at radius 1 is 1.23 bits per heavy atom. The predicted molar refractivity (Wildman–Crippen MR) is 113 cm³/mol. The number of hydrogen-bond acceptors (Lipinski definition) is 6. The molecule has 0 aliphatic heterocycles. The van der Waals surface area contributed by atoms with Crippen LogP contribution in [0.4, 0.5) is 0 Å². The summed E-state index contributed by atoms with van der Waals surface area (Å²) < 4.78 is 16.2. The molecule has 0 radical (unpaired) electrons. The molecule has 4 atom stereocenters. The van der Waals surface area contributed by atoms with E-state index in [1.165, 1.54) is 14.0 Å². The van der Waals surface area contributed by atoms with E-state index in [-0.39, 0.29) is 29.4 Å². The Kier molecular flexibility index (Phi) is 7.67. The Bertz CT molecular complexity index is 790. The summed E-state index contributed by atoms with van der Waals surface area (Å²) in [5, 5.41) is 0. The van der Waals surface area contributed by atoms with E-state index < -0.39 is 12.1 Å². The third kappa shape index (κ3) is 5.21. The molecule has 6 heteroatoms. The van der Waals surface area contributed by atoms with Gasteiger partial charge in [-0.15, -0.1) is 0 Å². The summed E-state index contributed by atoms with van der Waals surface area (Å²) in [5.41, 5.74) is 3.26. The molecule has 0 aromatic rings. The SMILES string of the molecule is C=C(C(=O)OC)C1CC2=C(C)C(OC(=O)C=C(C)CC)CCC2(C)CC1OC(C)=O. The number of allylic oxidation sites excluding steroid dienone is 2. The molecule has 2 aliphatic carbocycles. The van der Waals surface area contributed by atoms with Crippen molar-refractivity contribution in [3.63, 3.8) is 0 Å². The molecule has 2 aliphatic rings. The van der Waals surface area contributed by atoms with E-state index in [9.17, 15) is 14.4 Å². The van der Waals surface area contributed by atoms with Crippen LogP contribution in [0.15, 0.2) is 34.9 Å². The van der Waals surface area contributed by atoms with Gasteiger partial charge >= 0.3 is 17.9 Å². The van der Waals surface area contributed by atoms with Gasteiger partial charge in [0.05, 0.1) is 7.11 Å². The van der Waals surface area contributed by atoms with Crippen molar-refractivity contribution in [1.29, 1.82) is 0 Å². The number of carbonyl (C=O) groups is 3. The number of carbonyl (C=O) groups excluding carboxylic acids is 3. The molecule has 4 unspecified atom stereocenters. The summed E-state index contributed by atoms with van der Waals surface area (Å²) in [6, 6.07) is 0. The zero-order valence-electron chi connectivity index (χ0n) is 19.0. The number of fused-ring (bicyclic) bond motifs is 1. The highest BCUT2D eigenvalue weighted by molar-refractivity contribution is 5.88. The summed E-state index contributed by atoms with van der Waals surface area (Å²) in [4.78, 5) is 36.1. The highest BCUT2D eigenvalue weighted by Crippen LogP contribution is 2.53. The summed E-state index contributed by atoms with van der Waals surface area (Å²) >= 11 is 0. The summed E-state index contributed by atoms with van der Waals surface area (Å²) in [7, 11) is 1.31. The maximum atomic E-state index is 12.3. The van der Waals surface area contributed by atoms with Crippen molar-refractivity contribution in [1.82, 2.24) is 0 Å². The van der Waals surface area contributed by atoms with Crippen molar-refractivity contribution in [2.45, 2.75) is 78.9 Å². The third-order valence-electron chi connectivity index (χ3n) is 6.56. The van der Waals surface area contributed by atoms with Crippen LogP contribution in [0.2, 0.25) is 0 Å². The Morgan fingerprint density at radius 2 is 1.90 bits per heavy atom. The highest BCUT2D eigenvalue weighted by Gasteiger charge is 2.48. The van der Waals surface area contributed by atoms with Crippen LogP contribution >= 0.6 is 0 Å². The normalized spacial score (nSPS) is 29.0. The molecule has 0 spiro atoms. The van der Waals surface area contributed by atoms with Gasteiger partial charge in [0, 0.05) is 24.5 Å². The van der Waals surface area contributed by atoms with Gasteiger partial charge < -0.3 is 14.2 Å². The van der Waals surface area contributed by atoms with Gasteiger partial charge in [0.2, 0.25) is 0 Å².